The Morgan fingerprint density at radius 2 is 0.763 bits per heavy atom. The molecule has 4 aromatic carbocycles. The van der Waals surface area contributed by atoms with Crippen molar-refractivity contribution in [3.63, 3.8) is 0 Å². The molecule has 2 unspecified atom stereocenters. The zero-order valence-electron chi connectivity index (χ0n) is 21.8. The first kappa shape index (κ1) is 30.3. The second-order valence-corrected chi connectivity index (χ2v) is 9.47. The zero-order valence-corrected chi connectivity index (χ0v) is 24.1. The number of ether oxygens (including phenoxy) is 2. The molecule has 0 aromatic heterocycles. The van der Waals surface area contributed by atoms with Gasteiger partial charge in [0.2, 0.25) is 0 Å². The Balaban J connectivity index is 0.00000130. The predicted octanol–water partition coefficient (Wildman–Crippen LogP) is 6.52. The van der Waals surface area contributed by atoms with Crippen LogP contribution in [0.5, 0.6) is 0 Å². The third-order valence-electron chi connectivity index (χ3n) is 6.78. The van der Waals surface area contributed by atoms with Gasteiger partial charge < -0.3 is 27.1 Å². The first-order valence-corrected chi connectivity index (χ1v) is 14.2. The van der Waals surface area contributed by atoms with Crippen molar-refractivity contribution in [3.05, 3.63) is 151 Å². The Morgan fingerprint density at radius 3 is 0.974 bits per heavy atom. The van der Waals surface area contributed by atoms with Gasteiger partial charge in [-0.15, -0.1) is 0 Å². The first-order valence-electron chi connectivity index (χ1n) is 12.1. The summed E-state index contributed by atoms with van der Waals surface area (Å²) in [5.74, 6) is -1.05. The molecule has 6 heteroatoms. The van der Waals surface area contributed by atoms with Crippen LogP contribution in [0.3, 0.4) is 0 Å². The second-order valence-electron chi connectivity index (χ2n) is 9.47. The van der Waals surface area contributed by atoms with E-state index in [1.165, 1.54) is 19.4 Å². The summed E-state index contributed by atoms with van der Waals surface area (Å²) in [7, 11) is 4.64. The predicted molar refractivity (Wildman–Crippen MR) is 148 cm³/mol. The molecule has 4 aromatic rings. The van der Waals surface area contributed by atoms with E-state index in [-0.39, 0.29) is 7.43 Å². The van der Waals surface area contributed by atoms with Crippen molar-refractivity contribution in [1.82, 2.24) is 0 Å². The number of hydrogen-bond acceptors (Lipinski definition) is 4. The molecule has 0 saturated carbocycles. The van der Waals surface area contributed by atoms with Crippen molar-refractivity contribution in [3.8, 4) is 0 Å². The quantitative estimate of drug-likeness (QED) is 0.207. The van der Waals surface area contributed by atoms with E-state index in [9.17, 15) is 10.2 Å². The van der Waals surface area contributed by atoms with Crippen LogP contribution in [0.15, 0.2) is 121 Å². The van der Waals surface area contributed by atoms with Gasteiger partial charge in [0.1, 0.15) is 23.4 Å². The van der Waals surface area contributed by atoms with Gasteiger partial charge in [-0.1, -0.05) is 121 Å². The topological polar surface area (TPSA) is 58.9 Å². The summed E-state index contributed by atoms with van der Waals surface area (Å²) in [6.07, 6.45) is -1.87. The van der Waals surface area contributed by atoms with Gasteiger partial charge in [-0.05, 0) is 36.1 Å². The fourth-order valence-electron chi connectivity index (χ4n) is 5.13. The van der Waals surface area contributed by atoms with Gasteiger partial charge in [0.15, 0.2) is 5.79 Å². The van der Waals surface area contributed by atoms with Crippen LogP contribution in [0.4, 0.5) is 0 Å². The third kappa shape index (κ3) is 5.68. The first-order chi connectivity index (χ1) is 17.9. The maximum absolute atomic E-state index is 12.6. The molecule has 5 rings (SSSR count). The van der Waals surface area contributed by atoms with Crippen LogP contribution >= 0.6 is 9.30 Å². The second kappa shape index (κ2) is 12.7. The molecule has 0 amide bonds. The van der Waals surface area contributed by atoms with E-state index in [2.05, 4.69) is 9.30 Å². The summed E-state index contributed by atoms with van der Waals surface area (Å²) in [5, 5.41) is 25.2. The van der Waals surface area contributed by atoms with Gasteiger partial charge in [0.25, 0.3) is 0 Å². The van der Waals surface area contributed by atoms with Crippen LogP contribution in [0.2, 0.25) is 0 Å². The van der Waals surface area contributed by atoms with Gasteiger partial charge in [-0.3, -0.25) is 0 Å². The van der Waals surface area contributed by atoms with Crippen molar-refractivity contribution >= 4 is 9.30 Å². The van der Waals surface area contributed by atoms with Crippen molar-refractivity contribution in [2.45, 2.75) is 43.0 Å². The molecule has 0 bridgehead atoms. The van der Waals surface area contributed by atoms with Gasteiger partial charge in [-0.25, -0.2) is 0 Å². The number of halogens is 1. The Labute approximate surface area is 241 Å². The summed E-state index contributed by atoms with van der Waals surface area (Å²) < 4.78 is 13.0. The number of benzene rings is 4. The van der Waals surface area contributed by atoms with E-state index in [1.807, 2.05) is 135 Å². The van der Waals surface area contributed by atoms with Crippen LogP contribution in [0.1, 0.15) is 36.1 Å². The molecular weight excluding hydrogens is 532 g/mol. The van der Waals surface area contributed by atoms with Crippen LogP contribution in [0, 0.1) is 7.43 Å². The fraction of sp³-hybridized carbons (Fsp3) is 0.219. The molecule has 0 aliphatic carbocycles. The summed E-state index contributed by atoms with van der Waals surface area (Å²) in [5.41, 5.74) is -0.564. The fourth-order valence-corrected chi connectivity index (χ4v) is 5.13. The molecule has 0 spiro atoms. The van der Waals surface area contributed by atoms with Crippen LogP contribution in [-0.2, 0) is 40.1 Å². The van der Waals surface area contributed by atoms with Crippen molar-refractivity contribution < 1.29 is 39.1 Å². The average molecular weight is 565 g/mol. The number of aliphatic hydroxyl groups is 2. The molecule has 4 nitrogen and oxygen atoms in total. The van der Waals surface area contributed by atoms with Gasteiger partial charge in [0, 0.05) is 0 Å². The van der Waals surface area contributed by atoms with Crippen molar-refractivity contribution in [2.75, 3.05) is 0 Å². The molecule has 1 aliphatic heterocycles. The van der Waals surface area contributed by atoms with E-state index in [1.54, 1.807) is 0 Å². The zero-order chi connectivity index (χ0) is 26.5. The minimum absolute atomic E-state index is 0. The number of hydrogen-bond donors (Lipinski definition) is 2. The van der Waals surface area contributed by atoms with Crippen LogP contribution in [0.25, 0.3) is 0 Å². The molecular formula is C32H33ClO4Ti. The Hall–Kier alpha value is -2.28. The molecule has 0 radical (unpaired) electrons. The number of rotatable bonds is 6. The Morgan fingerprint density at radius 1 is 0.553 bits per heavy atom. The van der Waals surface area contributed by atoms with Crippen molar-refractivity contribution in [2.24, 2.45) is 0 Å². The maximum atomic E-state index is 12.6. The standard InChI is InChI=1S/C31H30O4.CH3.ClH.Ti/c1-29(2)34-27(30(32,23-15-7-3-8-16-23)24-17-9-4-10-18-24)28(35-29)31(33,25-19-11-5-12-20-25)26-21-13-6-14-22-26;;;/h3-22,27-28,32-33H,1-2H3;1H3;1H;/q;-1;;+2/p-1. The summed E-state index contributed by atoms with van der Waals surface area (Å²) in [6.45, 7) is 3.62. The van der Waals surface area contributed by atoms with E-state index < -0.39 is 29.2 Å². The average Bonchev–Trinajstić information content (AvgIpc) is 3.31. The summed E-state index contributed by atoms with van der Waals surface area (Å²) in [4.78, 5) is 0. The molecule has 1 fully saturated rings. The van der Waals surface area contributed by atoms with E-state index in [0.29, 0.717) is 22.3 Å². The SMILES string of the molecule is CC1(C)OC(C(O)(c2ccccc2)c2ccccc2)C(C(O)(c2ccccc2)c2ccccc2)O1.[CH3-].[Cl][Ti+]. The molecule has 2 atom stereocenters. The summed E-state index contributed by atoms with van der Waals surface area (Å²) in [6, 6.07) is 37.8. The van der Waals surface area contributed by atoms with E-state index in [4.69, 9.17) is 9.47 Å². The normalized spacial score (nSPS) is 18.5. The molecule has 1 saturated heterocycles. The van der Waals surface area contributed by atoms with Gasteiger partial charge >= 0.3 is 28.7 Å². The monoisotopic (exact) mass is 564 g/mol. The van der Waals surface area contributed by atoms with Gasteiger partial charge in [-0.2, -0.15) is 0 Å². The molecule has 2 N–H and O–H groups in total. The van der Waals surface area contributed by atoms with E-state index >= 15 is 0 Å². The van der Waals surface area contributed by atoms with E-state index in [0.717, 1.165) is 0 Å². The third-order valence-corrected chi connectivity index (χ3v) is 6.78. The molecule has 1 aliphatic rings. The van der Waals surface area contributed by atoms with Crippen LogP contribution in [-0.4, -0.2) is 28.2 Å². The molecule has 38 heavy (non-hydrogen) atoms. The summed E-state index contributed by atoms with van der Waals surface area (Å²) >= 11 is 1.47. The van der Waals surface area contributed by atoms with Crippen LogP contribution < -0.4 is 0 Å². The van der Waals surface area contributed by atoms with Crippen molar-refractivity contribution in [1.29, 1.82) is 0 Å². The van der Waals surface area contributed by atoms with Gasteiger partial charge in [0.05, 0.1) is 0 Å². The minimum atomic E-state index is -1.60. The Bertz CT molecular complexity index is 1080. The molecule has 196 valence electrons. The Kier molecular flexibility index (Phi) is 10.1. The molecule has 1 heterocycles.